The van der Waals surface area contributed by atoms with Gasteiger partial charge in [-0.1, -0.05) is 27.7 Å². The van der Waals surface area contributed by atoms with Crippen molar-refractivity contribution in [2.45, 2.75) is 80.3 Å². The third kappa shape index (κ3) is 9.14. The zero-order chi connectivity index (χ0) is 23.2. The van der Waals surface area contributed by atoms with E-state index in [4.69, 9.17) is 30.0 Å². The summed E-state index contributed by atoms with van der Waals surface area (Å²) in [5.41, 5.74) is 2.97. The molecule has 1 N–H and O–H groups in total. The van der Waals surface area contributed by atoms with E-state index >= 15 is 0 Å². The first-order valence-corrected chi connectivity index (χ1v) is 20.3. The molecule has 14 heteroatoms. The topological polar surface area (TPSA) is 83.1 Å². The summed E-state index contributed by atoms with van der Waals surface area (Å²) in [6.07, 6.45) is 0. The van der Waals surface area contributed by atoms with Crippen LogP contribution in [0.4, 0.5) is 0 Å². The van der Waals surface area contributed by atoms with Gasteiger partial charge in [0.2, 0.25) is 0 Å². The SMILES string of the molecule is CCN(CC)O[Si]1(C)O[Si](C)(C)O[Si](C)(C)O[Si](ONC(C)C)(ON(CC)CC)O1. The molecule has 2 unspecified atom stereocenters. The minimum absolute atomic E-state index is 0.0290. The molecule has 30 heavy (non-hydrogen) atoms. The van der Waals surface area contributed by atoms with Crippen LogP contribution in [-0.4, -0.2) is 77.3 Å². The van der Waals surface area contributed by atoms with Gasteiger partial charge in [0.25, 0.3) is 0 Å². The van der Waals surface area contributed by atoms with Crippen LogP contribution < -0.4 is 5.48 Å². The van der Waals surface area contributed by atoms with Crippen LogP contribution in [0, 0.1) is 0 Å². The smallest absolute Gasteiger partial charge is 0.416 e. The van der Waals surface area contributed by atoms with E-state index in [1.807, 2.05) is 79.3 Å². The first kappa shape index (κ1) is 28.5. The minimum Gasteiger partial charge on any atom is -0.416 e. The molecule has 0 bridgehead atoms. The highest BCUT2D eigenvalue weighted by atomic mass is 28.5. The van der Waals surface area contributed by atoms with Gasteiger partial charge in [-0.05, 0) is 40.0 Å². The molecule has 1 rings (SSSR count). The van der Waals surface area contributed by atoms with E-state index in [1.54, 1.807) is 5.06 Å². The van der Waals surface area contributed by atoms with Gasteiger partial charge in [-0.15, -0.1) is 0 Å². The fourth-order valence-electron chi connectivity index (χ4n) is 3.07. The lowest BCUT2D eigenvalue weighted by Gasteiger charge is -2.47. The molecule has 0 aromatic carbocycles. The molecule has 1 heterocycles. The quantitative estimate of drug-likeness (QED) is 0.337. The Kier molecular flexibility index (Phi) is 11.0. The van der Waals surface area contributed by atoms with Gasteiger partial charge in [-0.2, -0.15) is 10.1 Å². The molecule has 1 aliphatic rings. The van der Waals surface area contributed by atoms with E-state index in [0.717, 1.165) is 0 Å². The van der Waals surface area contributed by atoms with Gasteiger partial charge in [0.05, 0.1) is 0 Å². The van der Waals surface area contributed by atoms with E-state index in [-0.39, 0.29) is 6.04 Å². The van der Waals surface area contributed by atoms with Crippen molar-refractivity contribution in [3.63, 3.8) is 0 Å². The van der Waals surface area contributed by atoms with Gasteiger partial charge in [0.1, 0.15) is 0 Å². The molecule has 0 spiro atoms. The summed E-state index contributed by atoms with van der Waals surface area (Å²) < 4.78 is 44.6. The number of hydrogen-bond acceptors (Lipinski definition) is 10. The van der Waals surface area contributed by atoms with Crippen molar-refractivity contribution in [3.05, 3.63) is 0 Å². The first-order chi connectivity index (χ1) is 13.7. The molecule has 0 amide bonds. The van der Waals surface area contributed by atoms with Crippen molar-refractivity contribution in [1.82, 2.24) is 15.6 Å². The van der Waals surface area contributed by atoms with E-state index in [9.17, 15) is 0 Å². The first-order valence-electron chi connectivity index (χ1n) is 10.9. The van der Waals surface area contributed by atoms with Crippen LogP contribution in [0.2, 0.25) is 32.7 Å². The lowest BCUT2D eigenvalue weighted by Crippen LogP contribution is -2.72. The number of hydroxylamine groups is 5. The highest BCUT2D eigenvalue weighted by Crippen LogP contribution is 2.33. The summed E-state index contributed by atoms with van der Waals surface area (Å²) >= 11 is 0. The molecule has 0 radical (unpaired) electrons. The predicted octanol–water partition coefficient (Wildman–Crippen LogP) is 2.95. The third-order valence-electron chi connectivity index (χ3n) is 3.97. The van der Waals surface area contributed by atoms with Crippen LogP contribution in [0.15, 0.2) is 0 Å². The molecular weight excluding hydrogens is 459 g/mol. The van der Waals surface area contributed by atoms with Gasteiger partial charge in [-0.25, -0.2) is 5.48 Å². The lowest BCUT2D eigenvalue weighted by atomic mass is 10.4. The van der Waals surface area contributed by atoms with Crippen molar-refractivity contribution in [1.29, 1.82) is 0 Å². The zero-order valence-electron chi connectivity index (χ0n) is 20.7. The highest BCUT2D eigenvalue weighted by molar-refractivity contribution is 6.89. The summed E-state index contributed by atoms with van der Waals surface area (Å²) in [4.78, 5) is 0. The van der Waals surface area contributed by atoms with Crippen molar-refractivity contribution in [3.8, 4) is 0 Å². The summed E-state index contributed by atoms with van der Waals surface area (Å²) in [6, 6.07) is 0.0290. The van der Waals surface area contributed by atoms with Gasteiger partial charge in [-0.3, -0.25) is 13.6 Å². The molecule has 10 nitrogen and oxygen atoms in total. The lowest BCUT2D eigenvalue weighted by molar-refractivity contribution is -0.167. The van der Waals surface area contributed by atoms with Gasteiger partial charge in [0, 0.05) is 38.8 Å². The third-order valence-corrected chi connectivity index (χ3v) is 18.2. The van der Waals surface area contributed by atoms with E-state index in [2.05, 4.69) is 5.48 Å². The minimum atomic E-state index is -3.80. The van der Waals surface area contributed by atoms with E-state index in [0.29, 0.717) is 26.2 Å². The second kappa shape index (κ2) is 11.6. The molecule has 0 aromatic heterocycles. The average molecular weight is 502 g/mol. The zero-order valence-corrected chi connectivity index (χ0v) is 24.7. The summed E-state index contributed by atoms with van der Waals surface area (Å²) in [6.45, 7) is 24.4. The summed E-state index contributed by atoms with van der Waals surface area (Å²) in [7, 11) is -12.4. The maximum absolute atomic E-state index is 6.57. The highest BCUT2D eigenvalue weighted by Gasteiger charge is 2.64. The Bertz CT molecular complexity index is 527. The molecule has 1 fully saturated rings. The maximum Gasteiger partial charge on any atom is 0.697 e. The molecule has 0 saturated carbocycles. The Hall–Kier alpha value is 0.468. The Balaban J connectivity index is 3.43. The van der Waals surface area contributed by atoms with Crippen LogP contribution >= 0.6 is 0 Å². The van der Waals surface area contributed by atoms with E-state index in [1.165, 1.54) is 0 Å². The molecule has 0 aliphatic carbocycles. The van der Waals surface area contributed by atoms with Crippen molar-refractivity contribution >= 4 is 35.0 Å². The number of hydrogen-bond donors (Lipinski definition) is 1. The molecular formula is C16H43N3O7Si4. The van der Waals surface area contributed by atoms with Gasteiger partial charge >= 0.3 is 35.0 Å². The second-order valence-corrected chi connectivity index (χ2v) is 20.5. The van der Waals surface area contributed by atoms with Gasteiger partial charge < -0.3 is 16.5 Å². The molecule has 1 saturated heterocycles. The normalized spacial score (nSPS) is 29.4. The van der Waals surface area contributed by atoms with Crippen LogP contribution in [0.5, 0.6) is 0 Å². The predicted molar refractivity (Wildman–Crippen MR) is 124 cm³/mol. The monoisotopic (exact) mass is 501 g/mol. The van der Waals surface area contributed by atoms with Crippen LogP contribution in [0.25, 0.3) is 0 Å². The van der Waals surface area contributed by atoms with Crippen LogP contribution in [-0.2, 0) is 30.0 Å². The van der Waals surface area contributed by atoms with Gasteiger partial charge in [0.15, 0.2) is 0 Å². The average Bonchev–Trinajstić information content (AvgIpc) is 2.59. The second-order valence-electron chi connectivity index (χ2n) is 8.36. The maximum atomic E-state index is 6.57. The standard InChI is InChI=1S/C16H43N3O7Si4/c1-12-18(13-2)21-29(11)24-27(7,8)23-28(9,10)25-30(26-29,20-17-16(5)6)22-19(14-3)15-4/h16-17H,12-15H2,1-11H3. The number of rotatable bonds is 11. The fourth-order valence-corrected chi connectivity index (χ4v) is 20.4. The van der Waals surface area contributed by atoms with E-state index < -0.39 is 35.0 Å². The Labute approximate surface area is 187 Å². The van der Waals surface area contributed by atoms with Crippen molar-refractivity contribution in [2.75, 3.05) is 26.2 Å². The van der Waals surface area contributed by atoms with Crippen LogP contribution in [0.3, 0.4) is 0 Å². The fraction of sp³-hybridized carbons (Fsp3) is 1.00. The van der Waals surface area contributed by atoms with Crippen LogP contribution in [0.1, 0.15) is 41.5 Å². The Morgan fingerprint density at radius 2 is 1.17 bits per heavy atom. The molecule has 1 aliphatic heterocycles. The van der Waals surface area contributed by atoms with Crippen molar-refractivity contribution in [2.24, 2.45) is 0 Å². The molecule has 2 atom stereocenters. The molecule has 0 aromatic rings. The van der Waals surface area contributed by atoms with Crippen molar-refractivity contribution < 1.29 is 30.0 Å². The largest absolute Gasteiger partial charge is 0.697 e. The summed E-state index contributed by atoms with van der Waals surface area (Å²) in [5.74, 6) is 0. The molecule has 180 valence electrons. The Morgan fingerprint density at radius 3 is 1.63 bits per heavy atom. The summed E-state index contributed by atoms with van der Waals surface area (Å²) in [5, 5.41) is 3.57. The number of nitrogens with zero attached hydrogens (tertiary/aromatic N) is 2. The Morgan fingerprint density at radius 1 is 0.700 bits per heavy atom. The number of nitrogens with one attached hydrogen (secondary N) is 1.